The Morgan fingerprint density at radius 1 is 0.730 bits per heavy atom. The van der Waals surface area contributed by atoms with Crippen molar-refractivity contribution in [1.29, 1.82) is 0 Å². The lowest BCUT2D eigenvalue weighted by Gasteiger charge is -2.46. The minimum atomic E-state index is -0.0373. The lowest BCUT2D eigenvalue weighted by Crippen LogP contribution is -2.51. The van der Waals surface area contributed by atoms with Crippen LogP contribution in [0.4, 0.5) is 22.7 Å². The van der Waals surface area contributed by atoms with Gasteiger partial charge in [0.1, 0.15) is 17.3 Å². The van der Waals surface area contributed by atoms with Crippen molar-refractivity contribution in [3.8, 4) is 0 Å². The molecule has 1 aromatic heterocycles. The van der Waals surface area contributed by atoms with E-state index >= 15 is 0 Å². The summed E-state index contributed by atoms with van der Waals surface area (Å²) in [6.07, 6.45) is 2.23. The maximum absolute atomic E-state index is 6.46. The third-order valence-corrected chi connectivity index (χ3v) is 9.82. The van der Waals surface area contributed by atoms with Crippen LogP contribution >= 0.6 is 0 Å². The number of benzene rings is 4. The second-order valence-electron chi connectivity index (χ2n) is 10.9. The summed E-state index contributed by atoms with van der Waals surface area (Å²) >= 11 is 0. The van der Waals surface area contributed by atoms with Gasteiger partial charge < -0.3 is 14.2 Å². The second-order valence-corrected chi connectivity index (χ2v) is 10.9. The molecule has 0 N–H and O–H groups in total. The van der Waals surface area contributed by atoms with E-state index < -0.39 is 0 Å². The lowest BCUT2D eigenvalue weighted by molar-refractivity contribution is 0.316. The first kappa shape index (κ1) is 21.1. The van der Waals surface area contributed by atoms with E-state index in [0.29, 0.717) is 0 Å². The molecule has 1 fully saturated rings. The summed E-state index contributed by atoms with van der Waals surface area (Å²) in [5.41, 5.74) is 10.9. The average molecular weight is 483 g/mol. The minimum Gasteiger partial charge on any atom is -0.456 e. The van der Waals surface area contributed by atoms with Gasteiger partial charge in [-0.1, -0.05) is 74.5 Å². The van der Waals surface area contributed by atoms with Gasteiger partial charge >= 0.3 is 0 Å². The van der Waals surface area contributed by atoms with E-state index in [1.54, 1.807) is 0 Å². The first-order valence-corrected chi connectivity index (χ1v) is 13.5. The van der Waals surface area contributed by atoms with Crippen molar-refractivity contribution in [2.45, 2.75) is 45.2 Å². The molecule has 3 aliphatic rings. The molecule has 0 saturated heterocycles. The van der Waals surface area contributed by atoms with Gasteiger partial charge in [-0.3, -0.25) is 0 Å². The van der Waals surface area contributed by atoms with Gasteiger partial charge in [0.05, 0.1) is 11.4 Å². The van der Waals surface area contributed by atoms with Crippen molar-refractivity contribution in [3.63, 3.8) is 0 Å². The SMILES string of the molecule is C=C1C2(CC)c3ccccc3N3c4ccccc4N(c4ccc5c(oc6ccccc65)c4C)C3C12CC. The molecule has 2 aliphatic heterocycles. The van der Waals surface area contributed by atoms with Gasteiger partial charge in [0, 0.05) is 38.5 Å². The number of fused-ring (bicyclic) bond motifs is 11. The van der Waals surface area contributed by atoms with E-state index in [0.717, 1.165) is 24.0 Å². The van der Waals surface area contributed by atoms with Gasteiger partial charge in [0.25, 0.3) is 0 Å². The molecule has 3 unspecified atom stereocenters. The zero-order valence-corrected chi connectivity index (χ0v) is 21.6. The van der Waals surface area contributed by atoms with Crippen LogP contribution in [-0.4, -0.2) is 6.17 Å². The van der Waals surface area contributed by atoms with Gasteiger partial charge in [-0.05, 0) is 61.7 Å². The standard InChI is InChI=1S/C34H30N2O/c1-5-33-22(4)34(33,6-2)32-35(26-20-19-24-23-13-7-12-18-30(23)37-31(24)21(26)3)28-16-10-11-17-29(28)36(32)27-15-9-8-14-25(27)33/h7-20,32H,4-6H2,1-3H3. The zero-order valence-electron chi connectivity index (χ0n) is 21.6. The summed E-state index contributed by atoms with van der Waals surface area (Å²) in [5, 5.41) is 2.35. The average Bonchev–Trinajstić information content (AvgIpc) is 3.19. The van der Waals surface area contributed by atoms with E-state index in [4.69, 9.17) is 11.0 Å². The fourth-order valence-corrected chi connectivity index (χ4v) is 8.24. The molecular formula is C34H30N2O. The molecule has 4 aromatic carbocycles. The Morgan fingerprint density at radius 2 is 1.38 bits per heavy atom. The Kier molecular flexibility index (Phi) is 3.92. The molecule has 1 saturated carbocycles. The summed E-state index contributed by atoms with van der Waals surface area (Å²) in [5.74, 6) is 0. The molecule has 1 aliphatic carbocycles. The molecule has 0 bridgehead atoms. The predicted octanol–water partition coefficient (Wildman–Crippen LogP) is 9.14. The van der Waals surface area contributed by atoms with Crippen LogP contribution in [0.2, 0.25) is 0 Å². The summed E-state index contributed by atoms with van der Waals surface area (Å²) in [6.45, 7) is 11.7. The predicted molar refractivity (Wildman–Crippen MR) is 153 cm³/mol. The molecule has 182 valence electrons. The van der Waals surface area contributed by atoms with Gasteiger partial charge in [0.2, 0.25) is 0 Å². The third kappa shape index (κ3) is 2.18. The normalized spacial score (nSPS) is 25.3. The topological polar surface area (TPSA) is 19.6 Å². The first-order chi connectivity index (χ1) is 18.1. The largest absolute Gasteiger partial charge is 0.456 e. The van der Waals surface area contributed by atoms with Crippen molar-refractivity contribution in [2.24, 2.45) is 5.41 Å². The smallest absolute Gasteiger partial charge is 0.140 e. The highest BCUT2D eigenvalue weighted by Crippen LogP contribution is 2.80. The van der Waals surface area contributed by atoms with E-state index in [2.05, 4.69) is 109 Å². The van der Waals surface area contributed by atoms with E-state index in [1.165, 1.54) is 50.2 Å². The number of anilines is 4. The van der Waals surface area contributed by atoms with Crippen LogP contribution in [0.15, 0.2) is 101 Å². The van der Waals surface area contributed by atoms with Crippen molar-refractivity contribution >= 4 is 44.7 Å². The van der Waals surface area contributed by atoms with Gasteiger partial charge in [-0.15, -0.1) is 0 Å². The second kappa shape index (κ2) is 6.86. The summed E-state index contributed by atoms with van der Waals surface area (Å²) in [6, 6.07) is 30.8. The zero-order chi connectivity index (χ0) is 25.1. The summed E-state index contributed by atoms with van der Waals surface area (Å²) < 4.78 is 6.46. The van der Waals surface area contributed by atoms with Gasteiger partial charge in [-0.25, -0.2) is 0 Å². The molecule has 3 heteroatoms. The highest BCUT2D eigenvalue weighted by atomic mass is 16.3. The highest BCUT2D eigenvalue weighted by Gasteiger charge is 2.78. The van der Waals surface area contributed by atoms with Crippen LogP contribution in [-0.2, 0) is 5.41 Å². The number of hydrogen-bond donors (Lipinski definition) is 0. The molecule has 0 spiro atoms. The molecule has 0 amide bonds. The fraction of sp³-hybridized carbons (Fsp3) is 0.235. The van der Waals surface area contributed by atoms with Crippen LogP contribution in [0.3, 0.4) is 0 Å². The molecular weight excluding hydrogens is 452 g/mol. The van der Waals surface area contributed by atoms with Crippen molar-refractivity contribution < 1.29 is 4.42 Å². The molecule has 0 radical (unpaired) electrons. The van der Waals surface area contributed by atoms with E-state index in [9.17, 15) is 0 Å². The molecule has 5 aromatic rings. The molecule has 3 atom stereocenters. The first-order valence-electron chi connectivity index (χ1n) is 13.5. The maximum atomic E-state index is 6.46. The number of rotatable bonds is 3. The Morgan fingerprint density at radius 3 is 2.11 bits per heavy atom. The van der Waals surface area contributed by atoms with Crippen LogP contribution in [0.25, 0.3) is 21.9 Å². The number of furan rings is 1. The lowest BCUT2D eigenvalue weighted by atomic mass is 9.76. The van der Waals surface area contributed by atoms with Crippen LogP contribution in [0.5, 0.6) is 0 Å². The van der Waals surface area contributed by atoms with Crippen molar-refractivity contribution in [3.05, 3.63) is 108 Å². The Balaban J connectivity index is 1.44. The molecule has 8 rings (SSSR count). The van der Waals surface area contributed by atoms with Gasteiger partial charge in [0.15, 0.2) is 0 Å². The highest BCUT2D eigenvalue weighted by molar-refractivity contribution is 6.08. The Labute approximate surface area is 217 Å². The Bertz CT molecular complexity index is 1780. The quantitative estimate of drug-likeness (QED) is 0.239. The molecule has 3 nitrogen and oxygen atoms in total. The third-order valence-electron chi connectivity index (χ3n) is 9.82. The molecule has 3 heterocycles. The van der Waals surface area contributed by atoms with Crippen molar-refractivity contribution in [1.82, 2.24) is 0 Å². The number of hydrogen-bond acceptors (Lipinski definition) is 3. The minimum absolute atomic E-state index is 0.00281. The van der Waals surface area contributed by atoms with Crippen LogP contribution < -0.4 is 9.80 Å². The number of nitrogens with zero attached hydrogens (tertiary/aromatic N) is 2. The summed E-state index contributed by atoms with van der Waals surface area (Å²) in [4.78, 5) is 5.20. The van der Waals surface area contributed by atoms with Crippen LogP contribution in [0, 0.1) is 12.3 Å². The van der Waals surface area contributed by atoms with Crippen LogP contribution in [0.1, 0.15) is 37.8 Å². The fourth-order valence-electron chi connectivity index (χ4n) is 8.24. The maximum Gasteiger partial charge on any atom is 0.140 e. The number of para-hydroxylation sites is 4. The summed E-state index contributed by atoms with van der Waals surface area (Å²) in [7, 11) is 0. The Hall–Kier alpha value is -3.98. The van der Waals surface area contributed by atoms with Gasteiger partial charge in [-0.2, -0.15) is 0 Å². The van der Waals surface area contributed by atoms with E-state index in [-0.39, 0.29) is 17.0 Å². The van der Waals surface area contributed by atoms with E-state index in [1.807, 2.05) is 6.07 Å². The molecule has 37 heavy (non-hydrogen) atoms. The monoisotopic (exact) mass is 482 g/mol. The van der Waals surface area contributed by atoms with Crippen molar-refractivity contribution in [2.75, 3.05) is 9.80 Å². The number of aryl methyl sites for hydroxylation is 1.